The predicted molar refractivity (Wildman–Crippen MR) is 103 cm³/mol. The van der Waals surface area contributed by atoms with Gasteiger partial charge in [0, 0.05) is 22.2 Å². The molecule has 0 aromatic heterocycles. The molecule has 1 aliphatic carbocycles. The number of fused-ring (bicyclic) bond motifs is 1. The number of aryl methyl sites for hydroxylation is 1. The molecule has 0 heterocycles. The second-order valence-corrected chi connectivity index (χ2v) is 7.39. The molecule has 2 aromatic carbocycles. The van der Waals surface area contributed by atoms with Crippen LogP contribution in [0, 0.1) is 5.41 Å². The van der Waals surface area contributed by atoms with E-state index in [0.717, 1.165) is 23.1 Å². The summed E-state index contributed by atoms with van der Waals surface area (Å²) in [6.45, 7) is 3.94. The van der Waals surface area contributed by atoms with Crippen LogP contribution in [0.2, 0.25) is 5.02 Å². The minimum Gasteiger partial charge on any atom is -0.466 e. The highest BCUT2D eigenvalue weighted by molar-refractivity contribution is 6.33. The first-order valence-corrected chi connectivity index (χ1v) is 9.10. The van der Waals surface area contributed by atoms with Crippen LogP contribution in [0.15, 0.2) is 36.4 Å². The van der Waals surface area contributed by atoms with Gasteiger partial charge >= 0.3 is 5.97 Å². The first kappa shape index (κ1) is 18.5. The average molecular weight is 372 g/mol. The molecule has 2 N–H and O–H groups in total. The van der Waals surface area contributed by atoms with Crippen molar-refractivity contribution in [3.63, 3.8) is 0 Å². The van der Waals surface area contributed by atoms with E-state index >= 15 is 0 Å². The van der Waals surface area contributed by atoms with Crippen molar-refractivity contribution < 1.29 is 14.3 Å². The monoisotopic (exact) mass is 371 g/mol. The van der Waals surface area contributed by atoms with Crippen LogP contribution in [0.5, 0.6) is 0 Å². The largest absolute Gasteiger partial charge is 0.466 e. The van der Waals surface area contributed by atoms with Crippen molar-refractivity contribution in [2.24, 2.45) is 5.41 Å². The third-order valence-corrected chi connectivity index (χ3v) is 5.30. The number of carbonyl (C=O) groups is 2. The van der Waals surface area contributed by atoms with Crippen LogP contribution in [-0.2, 0) is 16.0 Å². The van der Waals surface area contributed by atoms with Gasteiger partial charge in [-0.2, -0.15) is 0 Å². The number of nitrogens with two attached hydrogens (primary N) is 1. The predicted octanol–water partition coefficient (Wildman–Crippen LogP) is 4.68. The van der Waals surface area contributed by atoms with Crippen molar-refractivity contribution >= 4 is 29.0 Å². The summed E-state index contributed by atoms with van der Waals surface area (Å²) in [4.78, 5) is 24.9. The molecular weight excluding hydrogens is 350 g/mol. The molecule has 0 bridgehead atoms. The SMILES string of the molecule is CCOC(=O)CC1(C)CCc2cc(-c3ccc(N)cc3Cl)ccc2C1=O. The van der Waals surface area contributed by atoms with E-state index in [-0.39, 0.29) is 18.2 Å². The Kier molecular flexibility index (Phi) is 5.05. The molecule has 5 heteroatoms. The molecule has 2 aromatic rings. The molecule has 0 amide bonds. The van der Waals surface area contributed by atoms with Gasteiger partial charge in [0.25, 0.3) is 0 Å². The number of hydrogen-bond donors (Lipinski definition) is 1. The summed E-state index contributed by atoms with van der Waals surface area (Å²) in [5, 5.41) is 0.583. The lowest BCUT2D eigenvalue weighted by Crippen LogP contribution is -2.36. The van der Waals surface area contributed by atoms with Crippen LogP contribution in [0.4, 0.5) is 5.69 Å². The van der Waals surface area contributed by atoms with E-state index in [1.165, 1.54) is 0 Å². The number of carbonyl (C=O) groups excluding carboxylic acids is 2. The first-order valence-electron chi connectivity index (χ1n) is 8.73. The molecule has 26 heavy (non-hydrogen) atoms. The van der Waals surface area contributed by atoms with Gasteiger partial charge in [0.1, 0.15) is 0 Å². The number of Topliss-reactive ketones (excluding diaryl/α,β-unsaturated/α-hetero) is 1. The molecular formula is C21H22ClNO3. The maximum absolute atomic E-state index is 13.0. The Balaban J connectivity index is 1.91. The van der Waals surface area contributed by atoms with Crippen LogP contribution >= 0.6 is 11.6 Å². The average Bonchev–Trinajstić information content (AvgIpc) is 2.58. The Bertz CT molecular complexity index is 878. The van der Waals surface area contributed by atoms with Crippen molar-refractivity contribution in [3.05, 3.63) is 52.5 Å². The smallest absolute Gasteiger partial charge is 0.306 e. The molecule has 0 saturated carbocycles. The number of esters is 1. The van der Waals surface area contributed by atoms with Gasteiger partial charge in [-0.1, -0.05) is 42.8 Å². The molecule has 1 aliphatic rings. The number of anilines is 1. The third-order valence-electron chi connectivity index (χ3n) is 4.99. The van der Waals surface area contributed by atoms with Gasteiger partial charge in [-0.25, -0.2) is 0 Å². The first-order chi connectivity index (χ1) is 12.3. The molecule has 0 radical (unpaired) electrons. The molecule has 1 atom stereocenters. The van der Waals surface area contributed by atoms with Gasteiger partial charge in [-0.3, -0.25) is 9.59 Å². The normalized spacial score (nSPS) is 19.1. The van der Waals surface area contributed by atoms with Crippen molar-refractivity contribution in [1.82, 2.24) is 0 Å². The Labute approximate surface area is 158 Å². The maximum atomic E-state index is 13.0. The second kappa shape index (κ2) is 7.12. The van der Waals surface area contributed by atoms with E-state index in [2.05, 4.69) is 0 Å². The molecule has 0 fully saturated rings. The lowest BCUT2D eigenvalue weighted by molar-refractivity contribution is -0.145. The Morgan fingerprint density at radius 1 is 1.23 bits per heavy atom. The summed E-state index contributed by atoms with van der Waals surface area (Å²) in [6.07, 6.45) is 1.47. The molecule has 1 unspecified atom stereocenters. The van der Waals surface area contributed by atoms with E-state index in [1.807, 2.05) is 37.3 Å². The molecule has 0 saturated heterocycles. The maximum Gasteiger partial charge on any atom is 0.306 e. The van der Waals surface area contributed by atoms with Crippen LogP contribution in [0.1, 0.15) is 42.6 Å². The summed E-state index contributed by atoms with van der Waals surface area (Å²) < 4.78 is 5.03. The van der Waals surface area contributed by atoms with E-state index < -0.39 is 5.41 Å². The van der Waals surface area contributed by atoms with E-state index in [0.29, 0.717) is 29.3 Å². The highest BCUT2D eigenvalue weighted by Gasteiger charge is 2.40. The van der Waals surface area contributed by atoms with Gasteiger partial charge in [0.2, 0.25) is 0 Å². The van der Waals surface area contributed by atoms with Crippen molar-refractivity contribution in [2.75, 3.05) is 12.3 Å². The summed E-state index contributed by atoms with van der Waals surface area (Å²) in [7, 11) is 0. The Morgan fingerprint density at radius 2 is 1.96 bits per heavy atom. The van der Waals surface area contributed by atoms with E-state index in [9.17, 15) is 9.59 Å². The number of ketones is 1. The van der Waals surface area contributed by atoms with Gasteiger partial charge in [-0.05, 0) is 43.0 Å². The number of benzene rings is 2. The zero-order valence-electron chi connectivity index (χ0n) is 15.0. The second-order valence-electron chi connectivity index (χ2n) is 6.98. The van der Waals surface area contributed by atoms with Gasteiger partial charge < -0.3 is 10.5 Å². The van der Waals surface area contributed by atoms with Gasteiger partial charge in [0.05, 0.1) is 18.1 Å². The molecule has 0 spiro atoms. The highest BCUT2D eigenvalue weighted by atomic mass is 35.5. The Hall–Kier alpha value is -2.33. The minimum atomic E-state index is -0.709. The van der Waals surface area contributed by atoms with E-state index in [4.69, 9.17) is 22.1 Å². The van der Waals surface area contributed by atoms with Crippen LogP contribution < -0.4 is 5.73 Å². The standard InChI is InChI=1S/C21H22ClNO3/c1-3-26-19(24)12-21(2)9-8-14-10-13(4-6-17(14)20(21)25)16-7-5-15(23)11-18(16)22/h4-7,10-11H,3,8-9,12,23H2,1-2H3. The van der Waals surface area contributed by atoms with Crippen LogP contribution in [0.3, 0.4) is 0 Å². The lowest BCUT2D eigenvalue weighted by Gasteiger charge is -2.32. The molecule has 0 aliphatic heterocycles. The number of rotatable bonds is 4. The topological polar surface area (TPSA) is 69.4 Å². The zero-order chi connectivity index (χ0) is 18.9. The van der Waals surface area contributed by atoms with Crippen molar-refractivity contribution in [3.8, 4) is 11.1 Å². The fourth-order valence-corrected chi connectivity index (χ4v) is 3.80. The number of ether oxygens (including phenoxy) is 1. The summed E-state index contributed by atoms with van der Waals surface area (Å²) in [6, 6.07) is 11.1. The number of halogens is 1. The number of hydrogen-bond acceptors (Lipinski definition) is 4. The highest BCUT2D eigenvalue weighted by Crippen LogP contribution is 2.40. The summed E-state index contributed by atoms with van der Waals surface area (Å²) >= 11 is 6.31. The third kappa shape index (κ3) is 3.47. The number of nitrogen functional groups attached to an aromatic ring is 1. The van der Waals surface area contributed by atoms with Crippen molar-refractivity contribution in [1.29, 1.82) is 0 Å². The van der Waals surface area contributed by atoms with Gasteiger partial charge in [0.15, 0.2) is 5.78 Å². The quantitative estimate of drug-likeness (QED) is 0.625. The van der Waals surface area contributed by atoms with Crippen LogP contribution in [-0.4, -0.2) is 18.4 Å². The van der Waals surface area contributed by atoms with E-state index in [1.54, 1.807) is 13.0 Å². The minimum absolute atomic E-state index is 0.00163. The van der Waals surface area contributed by atoms with Crippen molar-refractivity contribution in [2.45, 2.75) is 33.1 Å². The zero-order valence-corrected chi connectivity index (χ0v) is 15.7. The van der Waals surface area contributed by atoms with Gasteiger partial charge in [-0.15, -0.1) is 0 Å². The van der Waals surface area contributed by atoms with Crippen LogP contribution in [0.25, 0.3) is 11.1 Å². The molecule has 136 valence electrons. The fraction of sp³-hybridized carbons (Fsp3) is 0.333. The lowest BCUT2D eigenvalue weighted by atomic mass is 9.69. The summed E-state index contributed by atoms with van der Waals surface area (Å²) in [5.74, 6) is -0.321. The molecule has 4 nitrogen and oxygen atoms in total. The fourth-order valence-electron chi connectivity index (χ4n) is 3.50. The molecule has 3 rings (SSSR count). The summed E-state index contributed by atoms with van der Waals surface area (Å²) in [5.41, 5.74) is 9.17. The Morgan fingerprint density at radius 3 is 2.65 bits per heavy atom.